The Bertz CT molecular complexity index is 1390. The van der Waals surface area contributed by atoms with Gasteiger partial charge in [-0.15, -0.1) is 0 Å². The van der Waals surface area contributed by atoms with Crippen LogP contribution in [-0.4, -0.2) is 61.7 Å². The van der Waals surface area contributed by atoms with E-state index in [1.807, 2.05) is 0 Å². The first-order valence-electron chi connectivity index (χ1n) is 13.4. The lowest BCUT2D eigenvalue weighted by Crippen LogP contribution is -2.71. The fraction of sp³-hybridized carbons (Fsp3) is 0.312. The summed E-state index contributed by atoms with van der Waals surface area (Å²) in [7, 11) is 0. The van der Waals surface area contributed by atoms with Crippen molar-refractivity contribution in [3.8, 4) is 0 Å². The van der Waals surface area contributed by atoms with Crippen molar-refractivity contribution in [2.24, 2.45) is 5.92 Å². The molecule has 0 amide bonds. The number of Topliss-reactive ketones (excluding diaryl/α,β-unsaturated/α-hetero) is 2. The van der Waals surface area contributed by atoms with Gasteiger partial charge >= 0.3 is 11.9 Å². The average Bonchev–Trinajstić information content (AvgIpc) is 3.46. The van der Waals surface area contributed by atoms with Crippen LogP contribution in [0, 0.1) is 19.8 Å². The minimum absolute atomic E-state index is 0.383. The highest BCUT2D eigenvalue weighted by Gasteiger charge is 2.69. The van der Waals surface area contributed by atoms with Crippen molar-refractivity contribution in [2.45, 2.75) is 50.2 Å². The van der Waals surface area contributed by atoms with Gasteiger partial charge in [0.05, 0.1) is 0 Å². The van der Waals surface area contributed by atoms with Crippen LogP contribution < -0.4 is 5.32 Å². The lowest BCUT2D eigenvalue weighted by molar-refractivity contribution is -0.187. The Balaban J connectivity index is 0.000000243. The molecule has 0 aromatic heterocycles. The first kappa shape index (κ1) is 29.6. The van der Waals surface area contributed by atoms with Crippen molar-refractivity contribution in [3.63, 3.8) is 0 Å². The molecule has 1 aliphatic heterocycles. The van der Waals surface area contributed by atoms with E-state index in [1.165, 1.54) is 55.8 Å². The SMILES string of the molecule is Cc1ccc(C(=O)C(O)(C(=O)O)C(O)(C(=O)O)C(=O)c2ccc(C)cc2)cc1.c1ccc2c(c1)NCC1CCCC21. The maximum Gasteiger partial charge on any atom is 0.348 e. The molecule has 5 N–H and O–H groups in total. The lowest BCUT2D eigenvalue weighted by Gasteiger charge is -2.34. The summed E-state index contributed by atoms with van der Waals surface area (Å²) >= 11 is 0. The topological polar surface area (TPSA) is 161 Å². The summed E-state index contributed by atoms with van der Waals surface area (Å²) in [6, 6.07) is 19.1. The molecule has 1 aliphatic carbocycles. The number of para-hydroxylation sites is 1. The van der Waals surface area contributed by atoms with E-state index in [0.717, 1.165) is 36.1 Å². The molecule has 2 aliphatic rings. The van der Waals surface area contributed by atoms with Gasteiger partial charge in [0.1, 0.15) is 0 Å². The Kier molecular flexibility index (Phi) is 8.42. The number of carboxylic acid groups (broad SMARTS) is 2. The van der Waals surface area contributed by atoms with E-state index in [0.29, 0.717) is 11.1 Å². The molecule has 0 saturated heterocycles. The van der Waals surface area contributed by atoms with E-state index < -0.39 is 34.7 Å². The second kappa shape index (κ2) is 11.6. The zero-order valence-electron chi connectivity index (χ0n) is 22.8. The highest BCUT2D eigenvalue weighted by Crippen LogP contribution is 2.45. The predicted molar refractivity (Wildman–Crippen MR) is 151 cm³/mol. The fourth-order valence-corrected chi connectivity index (χ4v) is 5.57. The molecule has 9 heteroatoms. The number of carbonyl (C=O) groups excluding carboxylic acids is 2. The number of hydrogen-bond acceptors (Lipinski definition) is 7. The van der Waals surface area contributed by atoms with Crippen LogP contribution in [0.3, 0.4) is 0 Å². The number of carboxylic acids is 2. The van der Waals surface area contributed by atoms with Crippen molar-refractivity contribution < 1.29 is 39.6 Å². The minimum Gasteiger partial charge on any atom is -0.479 e. The summed E-state index contributed by atoms with van der Waals surface area (Å²) in [5, 5.41) is 43.8. The molecule has 3 aromatic carbocycles. The van der Waals surface area contributed by atoms with Gasteiger partial charge in [0.15, 0.2) is 0 Å². The second-order valence-electron chi connectivity index (χ2n) is 10.7. The minimum atomic E-state index is -3.96. The summed E-state index contributed by atoms with van der Waals surface area (Å²) in [6.07, 6.45) is 4.25. The van der Waals surface area contributed by atoms with Crippen LogP contribution in [0.5, 0.6) is 0 Å². The molecule has 1 saturated carbocycles. The maximum atomic E-state index is 12.8. The number of hydrogen-bond donors (Lipinski definition) is 5. The van der Waals surface area contributed by atoms with E-state index in [-0.39, 0.29) is 11.1 Å². The molecule has 5 rings (SSSR count). The Morgan fingerprint density at radius 3 is 1.63 bits per heavy atom. The number of nitrogens with one attached hydrogen (secondary N) is 1. The summed E-state index contributed by atoms with van der Waals surface area (Å²) in [5.74, 6) is -6.24. The molecular weight excluding hydrogens is 526 g/mol. The molecular formula is C32H33NO8. The molecule has 4 unspecified atom stereocenters. The van der Waals surface area contributed by atoms with Crippen molar-refractivity contribution in [1.29, 1.82) is 0 Å². The van der Waals surface area contributed by atoms with Gasteiger partial charge in [-0.25, -0.2) is 9.59 Å². The number of aliphatic hydroxyl groups is 2. The van der Waals surface area contributed by atoms with Gasteiger partial charge in [-0.1, -0.05) is 84.3 Å². The van der Waals surface area contributed by atoms with Crippen molar-refractivity contribution in [2.75, 3.05) is 11.9 Å². The number of benzene rings is 3. The van der Waals surface area contributed by atoms with Gasteiger partial charge in [-0.2, -0.15) is 0 Å². The number of carbonyl (C=O) groups is 4. The maximum absolute atomic E-state index is 12.8. The van der Waals surface area contributed by atoms with Crippen molar-refractivity contribution in [1.82, 2.24) is 0 Å². The normalized spacial score (nSPS) is 20.0. The first-order chi connectivity index (χ1) is 19.4. The average molecular weight is 560 g/mol. The summed E-state index contributed by atoms with van der Waals surface area (Å²) in [4.78, 5) is 49.1. The van der Waals surface area contributed by atoms with Gasteiger partial charge in [0.2, 0.25) is 11.6 Å². The standard InChI is InChI=1S/C20H18O8.C12H15N/c1-11-3-7-13(8-4-11)15(21)19(27,17(23)24)20(28,18(25)26)16(22)14-9-5-12(2)6-10-14;1-2-7-12-11(5-1)10-6-3-4-9(10)8-13-12/h3-10,27-28H,1-2H3,(H,23,24)(H,25,26);1-2,5,7,9-10,13H,3-4,6,8H2. The molecule has 4 atom stereocenters. The Morgan fingerprint density at radius 2 is 1.17 bits per heavy atom. The van der Waals surface area contributed by atoms with E-state index in [9.17, 15) is 39.6 Å². The van der Waals surface area contributed by atoms with Gasteiger partial charge in [0.25, 0.3) is 11.2 Å². The number of fused-ring (bicyclic) bond motifs is 3. The van der Waals surface area contributed by atoms with Crippen LogP contribution in [0.2, 0.25) is 0 Å². The highest BCUT2D eigenvalue weighted by atomic mass is 16.5. The molecule has 9 nitrogen and oxygen atoms in total. The summed E-state index contributed by atoms with van der Waals surface area (Å²) < 4.78 is 0. The van der Waals surface area contributed by atoms with E-state index in [4.69, 9.17) is 0 Å². The number of rotatable bonds is 7. The molecule has 214 valence electrons. The van der Waals surface area contributed by atoms with Crippen LogP contribution in [-0.2, 0) is 9.59 Å². The first-order valence-corrected chi connectivity index (χ1v) is 13.4. The third-order valence-corrected chi connectivity index (χ3v) is 8.00. The van der Waals surface area contributed by atoms with E-state index in [2.05, 4.69) is 29.6 Å². The number of aliphatic carboxylic acids is 2. The number of ketones is 2. The molecule has 0 bridgehead atoms. The van der Waals surface area contributed by atoms with Crippen molar-refractivity contribution >= 4 is 29.2 Å². The van der Waals surface area contributed by atoms with Crippen LogP contribution in [0.15, 0.2) is 72.8 Å². The van der Waals surface area contributed by atoms with E-state index >= 15 is 0 Å². The van der Waals surface area contributed by atoms with Crippen LogP contribution in [0.1, 0.15) is 62.6 Å². The van der Waals surface area contributed by atoms with Gasteiger partial charge in [0, 0.05) is 23.4 Å². The largest absolute Gasteiger partial charge is 0.479 e. The third kappa shape index (κ3) is 5.38. The smallest absolute Gasteiger partial charge is 0.348 e. The zero-order chi connectivity index (χ0) is 29.9. The van der Waals surface area contributed by atoms with Crippen LogP contribution in [0.25, 0.3) is 0 Å². The number of anilines is 1. The number of aryl methyl sites for hydroxylation is 2. The Labute approximate surface area is 237 Å². The summed E-state index contributed by atoms with van der Waals surface area (Å²) in [5.41, 5.74) is -4.33. The predicted octanol–water partition coefficient (Wildman–Crippen LogP) is 4.00. The second-order valence-corrected chi connectivity index (χ2v) is 10.7. The monoisotopic (exact) mass is 559 g/mol. The molecule has 41 heavy (non-hydrogen) atoms. The fourth-order valence-electron chi connectivity index (χ4n) is 5.57. The molecule has 0 radical (unpaired) electrons. The lowest BCUT2D eigenvalue weighted by atomic mass is 9.73. The molecule has 1 fully saturated rings. The van der Waals surface area contributed by atoms with Crippen LogP contribution in [0.4, 0.5) is 5.69 Å². The van der Waals surface area contributed by atoms with E-state index in [1.54, 1.807) is 19.4 Å². The van der Waals surface area contributed by atoms with Crippen molar-refractivity contribution in [3.05, 3.63) is 101 Å². The third-order valence-electron chi connectivity index (χ3n) is 8.00. The Hall–Kier alpha value is -4.34. The van der Waals surface area contributed by atoms with Crippen LogP contribution >= 0.6 is 0 Å². The molecule has 1 heterocycles. The quantitative estimate of drug-likeness (QED) is 0.213. The summed E-state index contributed by atoms with van der Waals surface area (Å²) in [6.45, 7) is 4.57. The van der Waals surface area contributed by atoms with Gasteiger partial charge < -0.3 is 25.7 Å². The zero-order valence-corrected chi connectivity index (χ0v) is 22.8. The highest BCUT2D eigenvalue weighted by molar-refractivity contribution is 6.28. The molecule has 3 aromatic rings. The van der Waals surface area contributed by atoms with Gasteiger partial charge in [-0.05, 0) is 50.2 Å². The molecule has 0 spiro atoms. The Morgan fingerprint density at radius 1 is 0.707 bits per heavy atom. The van der Waals surface area contributed by atoms with Gasteiger partial charge in [-0.3, -0.25) is 9.59 Å².